The normalized spacial score (nSPS) is 25.1. The average Bonchev–Trinajstić information content (AvgIpc) is 2.57. The van der Waals surface area contributed by atoms with Crippen molar-refractivity contribution < 1.29 is 0 Å². The third-order valence-electron chi connectivity index (χ3n) is 5.41. The number of aryl methyl sites for hydroxylation is 1. The first-order chi connectivity index (χ1) is 10.4. The van der Waals surface area contributed by atoms with Crippen LogP contribution in [-0.2, 0) is 13.0 Å². The second-order valence-electron chi connectivity index (χ2n) is 6.81. The minimum Gasteiger partial charge on any atom is -0.314 e. The SMILES string of the molecule is CCc1ccc(CN2CCNCC2C2CCCCC2)cc1. The van der Waals surface area contributed by atoms with E-state index in [9.17, 15) is 0 Å². The van der Waals surface area contributed by atoms with Crippen LogP contribution in [0.3, 0.4) is 0 Å². The maximum absolute atomic E-state index is 3.62. The predicted octanol–water partition coefficient (Wildman–Crippen LogP) is 3.60. The Morgan fingerprint density at radius 2 is 1.76 bits per heavy atom. The standard InChI is InChI=1S/C19H30N2/c1-2-16-8-10-17(11-9-16)15-21-13-12-20-14-19(21)18-6-4-3-5-7-18/h8-11,18-20H,2-7,12-15H2,1H3. The van der Waals surface area contributed by atoms with Crippen LogP contribution in [-0.4, -0.2) is 30.6 Å². The molecule has 1 atom stereocenters. The molecule has 1 N–H and O–H groups in total. The van der Waals surface area contributed by atoms with E-state index in [1.165, 1.54) is 56.3 Å². The maximum Gasteiger partial charge on any atom is 0.0252 e. The zero-order chi connectivity index (χ0) is 14.5. The number of hydrogen-bond acceptors (Lipinski definition) is 2. The third kappa shape index (κ3) is 3.87. The van der Waals surface area contributed by atoms with Crippen molar-refractivity contribution in [2.24, 2.45) is 5.92 Å². The van der Waals surface area contributed by atoms with Crippen molar-refractivity contribution in [1.29, 1.82) is 0 Å². The Balaban J connectivity index is 1.65. The zero-order valence-corrected chi connectivity index (χ0v) is 13.5. The summed E-state index contributed by atoms with van der Waals surface area (Å²) < 4.78 is 0. The van der Waals surface area contributed by atoms with Crippen molar-refractivity contribution in [3.63, 3.8) is 0 Å². The van der Waals surface area contributed by atoms with E-state index < -0.39 is 0 Å². The van der Waals surface area contributed by atoms with E-state index in [4.69, 9.17) is 0 Å². The molecule has 0 radical (unpaired) electrons. The van der Waals surface area contributed by atoms with Crippen LogP contribution in [0.4, 0.5) is 0 Å². The minimum atomic E-state index is 0.755. The Morgan fingerprint density at radius 1 is 1.05 bits per heavy atom. The van der Waals surface area contributed by atoms with E-state index in [0.717, 1.165) is 31.5 Å². The van der Waals surface area contributed by atoms with Crippen LogP contribution in [0.1, 0.15) is 50.2 Å². The van der Waals surface area contributed by atoms with Gasteiger partial charge in [-0.1, -0.05) is 50.5 Å². The van der Waals surface area contributed by atoms with E-state index in [2.05, 4.69) is 41.4 Å². The van der Waals surface area contributed by atoms with Crippen molar-refractivity contribution in [3.05, 3.63) is 35.4 Å². The quantitative estimate of drug-likeness (QED) is 0.909. The van der Waals surface area contributed by atoms with Crippen LogP contribution >= 0.6 is 0 Å². The smallest absolute Gasteiger partial charge is 0.0252 e. The molecule has 116 valence electrons. The number of benzene rings is 1. The molecule has 1 aliphatic heterocycles. The summed E-state index contributed by atoms with van der Waals surface area (Å²) in [5.74, 6) is 0.918. The number of nitrogens with one attached hydrogen (secondary N) is 1. The largest absolute Gasteiger partial charge is 0.314 e. The molecule has 2 fully saturated rings. The molecule has 1 saturated heterocycles. The van der Waals surface area contributed by atoms with Crippen LogP contribution in [0, 0.1) is 5.92 Å². The van der Waals surface area contributed by atoms with E-state index in [0.29, 0.717) is 0 Å². The Bertz CT molecular complexity index is 420. The lowest BCUT2D eigenvalue weighted by molar-refractivity contribution is 0.0860. The molecule has 0 spiro atoms. The van der Waals surface area contributed by atoms with Crippen LogP contribution < -0.4 is 5.32 Å². The molecule has 0 bridgehead atoms. The van der Waals surface area contributed by atoms with Gasteiger partial charge in [0.05, 0.1) is 0 Å². The first-order valence-electron chi connectivity index (χ1n) is 8.89. The molecule has 0 aromatic heterocycles. The molecule has 1 aromatic carbocycles. The molecular weight excluding hydrogens is 256 g/mol. The van der Waals surface area contributed by atoms with Gasteiger partial charge in [-0.25, -0.2) is 0 Å². The van der Waals surface area contributed by atoms with Crippen LogP contribution in [0.15, 0.2) is 24.3 Å². The summed E-state index contributed by atoms with van der Waals surface area (Å²) >= 11 is 0. The molecule has 2 aliphatic rings. The highest BCUT2D eigenvalue weighted by Gasteiger charge is 2.30. The van der Waals surface area contributed by atoms with Crippen molar-refractivity contribution in [1.82, 2.24) is 10.2 Å². The summed E-state index contributed by atoms with van der Waals surface area (Å²) in [7, 11) is 0. The zero-order valence-electron chi connectivity index (χ0n) is 13.5. The molecule has 1 unspecified atom stereocenters. The number of rotatable bonds is 4. The molecular formula is C19H30N2. The van der Waals surface area contributed by atoms with Crippen LogP contribution in [0.25, 0.3) is 0 Å². The Morgan fingerprint density at radius 3 is 2.48 bits per heavy atom. The fourth-order valence-corrected chi connectivity index (χ4v) is 4.06. The lowest BCUT2D eigenvalue weighted by atomic mass is 9.82. The summed E-state index contributed by atoms with van der Waals surface area (Å²) in [6, 6.07) is 10.0. The Labute approximate surface area is 129 Å². The summed E-state index contributed by atoms with van der Waals surface area (Å²) in [6.45, 7) is 6.90. The molecule has 1 aromatic rings. The maximum atomic E-state index is 3.62. The molecule has 1 saturated carbocycles. The highest BCUT2D eigenvalue weighted by Crippen LogP contribution is 2.30. The van der Waals surface area contributed by atoms with Crippen molar-refractivity contribution in [2.75, 3.05) is 19.6 Å². The molecule has 1 heterocycles. The highest BCUT2D eigenvalue weighted by molar-refractivity contribution is 5.22. The summed E-state index contributed by atoms with van der Waals surface area (Å²) in [5.41, 5.74) is 2.93. The fraction of sp³-hybridized carbons (Fsp3) is 0.684. The Kier molecular flexibility index (Phi) is 5.32. The van der Waals surface area contributed by atoms with Gasteiger partial charge >= 0.3 is 0 Å². The van der Waals surface area contributed by atoms with E-state index in [1.807, 2.05) is 0 Å². The number of hydrogen-bond donors (Lipinski definition) is 1. The van der Waals surface area contributed by atoms with Gasteiger partial charge in [0.15, 0.2) is 0 Å². The monoisotopic (exact) mass is 286 g/mol. The number of piperazine rings is 1. The molecule has 1 aliphatic carbocycles. The van der Waals surface area contributed by atoms with Crippen molar-refractivity contribution >= 4 is 0 Å². The van der Waals surface area contributed by atoms with E-state index in [-0.39, 0.29) is 0 Å². The van der Waals surface area contributed by atoms with E-state index >= 15 is 0 Å². The lowest BCUT2D eigenvalue weighted by Gasteiger charge is -2.42. The number of nitrogens with zero attached hydrogens (tertiary/aromatic N) is 1. The summed E-state index contributed by atoms with van der Waals surface area (Å²) in [5, 5.41) is 3.62. The summed E-state index contributed by atoms with van der Waals surface area (Å²) in [4.78, 5) is 2.74. The molecule has 2 heteroatoms. The average molecular weight is 286 g/mol. The van der Waals surface area contributed by atoms with Crippen molar-refractivity contribution in [2.45, 2.75) is 58.0 Å². The van der Waals surface area contributed by atoms with Gasteiger partial charge in [0.25, 0.3) is 0 Å². The van der Waals surface area contributed by atoms with Crippen LogP contribution in [0.2, 0.25) is 0 Å². The van der Waals surface area contributed by atoms with Gasteiger partial charge < -0.3 is 5.32 Å². The minimum absolute atomic E-state index is 0.755. The van der Waals surface area contributed by atoms with Gasteiger partial charge in [0.1, 0.15) is 0 Å². The predicted molar refractivity (Wildman–Crippen MR) is 89.5 cm³/mol. The second kappa shape index (κ2) is 7.42. The van der Waals surface area contributed by atoms with Gasteiger partial charge in [-0.15, -0.1) is 0 Å². The van der Waals surface area contributed by atoms with Gasteiger partial charge in [-0.2, -0.15) is 0 Å². The topological polar surface area (TPSA) is 15.3 Å². The van der Waals surface area contributed by atoms with Gasteiger partial charge in [0, 0.05) is 32.2 Å². The first kappa shape index (κ1) is 15.1. The lowest BCUT2D eigenvalue weighted by Crippen LogP contribution is -2.54. The molecule has 21 heavy (non-hydrogen) atoms. The third-order valence-corrected chi connectivity index (χ3v) is 5.41. The van der Waals surface area contributed by atoms with Gasteiger partial charge in [0.2, 0.25) is 0 Å². The first-order valence-corrected chi connectivity index (χ1v) is 8.89. The molecule has 0 amide bonds. The Hall–Kier alpha value is -0.860. The van der Waals surface area contributed by atoms with Gasteiger partial charge in [-0.05, 0) is 36.3 Å². The molecule has 2 nitrogen and oxygen atoms in total. The van der Waals surface area contributed by atoms with Crippen LogP contribution in [0.5, 0.6) is 0 Å². The summed E-state index contributed by atoms with van der Waals surface area (Å²) in [6.07, 6.45) is 8.36. The highest BCUT2D eigenvalue weighted by atomic mass is 15.2. The van der Waals surface area contributed by atoms with Gasteiger partial charge in [-0.3, -0.25) is 4.90 Å². The fourth-order valence-electron chi connectivity index (χ4n) is 4.06. The second-order valence-corrected chi connectivity index (χ2v) is 6.81. The van der Waals surface area contributed by atoms with Crippen molar-refractivity contribution in [3.8, 4) is 0 Å². The molecule has 3 rings (SSSR count). The van der Waals surface area contributed by atoms with E-state index in [1.54, 1.807) is 0 Å².